The van der Waals surface area contributed by atoms with Crippen LogP contribution in [-0.2, 0) is 0 Å². The van der Waals surface area contributed by atoms with Crippen molar-refractivity contribution in [2.75, 3.05) is 0 Å². The Labute approximate surface area is 342 Å². The van der Waals surface area contributed by atoms with Crippen LogP contribution in [0.1, 0.15) is 322 Å². The predicted octanol–water partition coefficient (Wildman–Crippen LogP) is 18.8. The number of aromatic nitrogens is 2. The van der Waals surface area contributed by atoms with E-state index in [1.165, 1.54) is 276 Å². The van der Waals surface area contributed by atoms with Crippen LogP contribution < -0.4 is 4.57 Å². The van der Waals surface area contributed by atoms with E-state index in [1.807, 2.05) is 0 Å². The molecule has 54 heavy (non-hydrogen) atoms. The molecule has 0 spiro atoms. The van der Waals surface area contributed by atoms with Crippen LogP contribution >= 0.6 is 0 Å². The van der Waals surface area contributed by atoms with E-state index in [0.29, 0.717) is 12.0 Å². The first-order valence-corrected chi connectivity index (χ1v) is 25.8. The number of aromatic amines is 1. The van der Waals surface area contributed by atoms with Crippen LogP contribution in [0.25, 0.3) is 0 Å². The van der Waals surface area contributed by atoms with Crippen LogP contribution in [0.15, 0.2) is 12.4 Å². The number of nitrogens with one attached hydrogen (secondary N) is 1. The minimum Gasteiger partial charge on any atom is -0.247 e. The van der Waals surface area contributed by atoms with Crippen LogP contribution in [0.5, 0.6) is 0 Å². The summed E-state index contributed by atoms with van der Waals surface area (Å²) in [6, 6.07) is 0.616. The van der Waals surface area contributed by atoms with Gasteiger partial charge >= 0.3 is 0 Å². The molecule has 0 aliphatic heterocycles. The molecule has 0 aliphatic rings. The van der Waals surface area contributed by atoms with Crippen molar-refractivity contribution < 1.29 is 4.57 Å². The second-order valence-corrected chi connectivity index (χ2v) is 18.2. The largest absolute Gasteiger partial charge is 0.257 e. The van der Waals surface area contributed by atoms with E-state index in [0.717, 1.165) is 0 Å². The summed E-state index contributed by atoms with van der Waals surface area (Å²) >= 11 is 0. The van der Waals surface area contributed by atoms with Crippen molar-refractivity contribution in [3.05, 3.63) is 18.2 Å². The molecule has 1 heterocycles. The van der Waals surface area contributed by atoms with Crippen LogP contribution in [0.2, 0.25) is 0 Å². The Bertz CT molecular complexity index is 828. The zero-order valence-corrected chi connectivity index (χ0v) is 38.2. The standard InChI is InChI=1S/C52H102N2/c1-5-8-11-14-17-20-22-24-26-28-30-32-35-38-41-44-47-51(46-43-40-37-34-31-29-27-25-23-21-18-15-12-9-6-2)52-53-48-49-54(52)50(4)45-42-39-36-33-19-16-13-10-7-3/h48-51H,5-47H2,1-4H3/p+1. The smallest absolute Gasteiger partial charge is 0.247 e. The first-order chi connectivity index (χ1) is 26.7. The fourth-order valence-electron chi connectivity index (χ4n) is 9.08. The third-order valence-electron chi connectivity index (χ3n) is 12.9. The first kappa shape index (κ1) is 51.2. The lowest BCUT2D eigenvalue weighted by atomic mass is 9.92. The molecular weight excluding hydrogens is 653 g/mol. The van der Waals surface area contributed by atoms with Gasteiger partial charge in [0.25, 0.3) is 5.82 Å². The maximum atomic E-state index is 3.79. The van der Waals surface area contributed by atoms with Gasteiger partial charge in [0.05, 0.1) is 12.0 Å². The highest BCUT2D eigenvalue weighted by Gasteiger charge is 2.25. The van der Waals surface area contributed by atoms with Gasteiger partial charge in [0.15, 0.2) is 0 Å². The normalized spacial score (nSPS) is 12.9. The van der Waals surface area contributed by atoms with E-state index in [1.54, 1.807) is 5.82 Å². The third-order valence-corrected chi connectivity index (χ3v) is 12.9. The van der Waals surface area contributed by atoms with E-state index in [4.69, 9.17) is 0 Å². The van der Waals surface area contributed by atoms with Crippen molar-refractivity contribution >= 4 is 0 Å². The SMILES string of the molecule is CCCCCCCCCCCCCCCCCCC(CCCCCCCCCCCCCCCCC)c1[nH]cc[n+]1C(C)CCCCCCCCCCC. The zero-order valence-electron chi connectivity index (χ0n) is 38.2. The molecule has 0 amide bonds. The Morgan fingerprint density at radius 1 is 0.352 bits per heavy atom. The molecule has 2 heteroatoms. The quantitative estimate of drug-likeness (QED) is 0.0505. The summed E-state index contributed by atoms with van der Waals surface area (Å²) in [4.78, 5) is 3.79. The van der Waals surface area contributed by atoms with Gasteiger partial charge in [0.2, 0.25) is 0 Å². The number of H-pyrrole nitrogens is 1. The molecule has 2 nitrogen and oxygen atoms in total. The lowest BCUT2D eigenvalue weighted by molar-refractivity contribution is -0.727. The fourth-order valence-corrected chi connectivity index (χ4v) is 9.08. The van der Waals surface area contributed by atoms with Crippen LogP contribution in [0, 0.1) is 0 Å². The minimum absolute atomic E-state index is 0.616. The van der Waals surface area contributed by atoms with Crippen molar-refractivity contribution in [3.8, 4) is 0 Å². The van der Waals surface area contributed by atoms with Gasteiger partial charge in [0.1, 0.15) is 12.4 Å². The van der Waals surface area contributed by atoms with Gasteiger partial charge in [-0.05, 0) is 32.6 Å². The van der Waals surface area contributed by atoms with Crippen LogP contribution in [0.3, 0.4) is 0 Å². The third kappa shape index (κ3) is 32.3. The van der Waals surface area contributed by atoms with Gasteiger partial charge in [-0.2, -0.15) is 0 Å². The van der Waals surface area contributed by atoms with Gasteiger partial charge < -0.3 is 0 Å². The van der Waals surface area contributed by atoms with Crippen LogP contribution in [-0.4, -0.2) is 4.98 Å². The summed E-state index contributed by atoms with van der Waals surface area (Å²) in [7, 11) is 0. The van der Waals surface area contributed by atoms with Crippen molar-refractivity contribution in [2.45, 2.75) is 316 Å². The van der Waals surface area contributed by atoms with E-state index < -0.39 is 0 Å². The highest BCUT2D eigenvalue weighted by atomic mass is 15.1. The second-order valence-electron chi connectivity index (χ2n) is 18.2. The lowest BCUT2D eigenvalue weighted by Crippen LogP contribution is -2.41. The summed E-state index contributed by atoms with van der Waals surface area (Å²) in [6.07, 6.45) is 66.6. The molecule has 1 rings (SSSR count). The topological polar surface area (TPSA) is 19.7 Å². The molecule has 1 aromatic rings. The number of hydrogen-bond acceptors (Lipinski definition) is 0. The fraction of sp³-hybridized carbons (Fsp3) is 0.942. The van der Waals surface area contributed by atoms with Crippen molar-refractivity contribution in [3.63, 3.8) is 0 Å². The summed E-state index contributed by atoms with van der Waals surface area (Å²) in [5, 5.41) is 0. The molecule has 0 fully saturated rings. The zero-order chi connectivity index (χ0) is 38.8. The molecular formula is C52H103N2+. The molecule has 0 radical (unpaired) electrons. The highest BCUT2D eigenvalue weighted by molar-refractivity contribution is 4.90. The molecule has 0 saturated heterocycles. The molecule has 2 atom stereocenters. The van der Waals surface area contributed by atoms with Crippen molar-refractivity contribution in [1.29, 1.82) is 0 Å². The molecule has 1 N–H and O–H groups in total. The first-order valence-electron chi connectivity index (χ1n) is 25.8. The van der Waals surface area contributed by atoms with Crippen LogP contribution in [0.4, 0.5) is 0 Å². The number of nitrogens with zero attached hydrogens (tertiary/aromatic N) is 1. The number of unbranched alkanes of at least 4 members (excludes halogenated alkanes) is 37. The summed E-state index contributed by atoms with van der Waals surface area (Å²) < 4.78 is 2.66. The van der Waals surface area contributed by atoms with Gasteiger partial charge in [0, 0.05) is 0 Å². The highest BCUT2D eigenvalue weighted by Crippen LogP contribution is 2.28. The molecule has 1 aromatic heterocycles. The lowest BCUT2D eigenvalue weighted by Gasteiger charge is -2.17. The summed E-state index contributed by atoms with van der Waals surface area (Å²) in [6.45, 7) is 9.44. The Balaban J connectivity index is 2.34. The monoisotopic (exact) mass is 756 g/mol. The van der Waals surface area contributed by atoms with Crippen molar-refractivity contribution in [2.24, 2.45) is 0 Å². The van der Waals surface area contributed by atoms with E-state index in [-0.39, 0.29) is 0 Å². The Morgan fingerprint density at radius 3 is 0.870 bits per heavy atom. The van der Waals surface area contributed by atoms with Gasteiger partial charge in [-0.1, -0.05) is 271 Å². The van der Waals surface area contributed by atoms with E-state index >= 15 is 0 Å². The maximum absolute atomic E-state index is 3.79. The minimum atomic E-state index is 0.616. The summed E-state index contributed by atoms with van der Waals surface area (Å²) in [5.74, 6) is 2.25. The maximum Gasteiger partial charge on any atom is 0.257 e. The Hall–Kier alpha value is -0.790. The number of hydrogen-bond donors (Lipinski definition) is 1. The van der Waals surface area contributed by atoms with E-state index in [9.17, 15) is 0 Å². The van der Waals surface area contributed by atoms with Gasteiger partial charge in [-0.3, -0.25) is 0 Å². The average molecular weight is 756 g/mol. The summed E-state index contributed by atoms with van der Waals surface area (Å²) in [5.41, 5.74) is 0. The van der Waals surface area contributed by atoms with E-state index in [2.05, 4.69) is 49.6 Å². The molecule has 0 aliphatic carbocycles. The second kappa shape index (κ2) is 41.8. The van der Waals surface area contributed by atoms with Gasteiger partial charge in [-0.15, -0.1) is 0 Å². The molecule has 0 aromatic carbocycles. The number of imidazole rings is 1. The number of rotatable bonds is 45. The Kier molecular flexibility index (Phi) is 39.7. The molecule has 320 valence electrons. The molecule has 0 saturated carbocycles. The van der Waals surface area contributed by atoms with Gasteiger partial charge in [-0.25, -0.2) is 9.55 Å². The van der Waals surface area contributed by atoms with Crippen molar-refractivity contribution in [1.82, 2.24) is 4.98 Å². The average Bonchev–Trinajstić information content (AvgIpc) is 3.68. The molecule has 2 unspecified atom stereocenters. The predicted molar refractivity (Wildman–Crippen MR) is 244 cm³/mol. The molecule has 0 bridgehead atoms. The Morgan fingerprint density at radius 2 is 0.593 bits per heavy atom.